The maximum atomic E-state index is 12.4. The Balaban J connectivity index is 2.64. The number of nitrogens with one attached hydrogen (secondary N) is 1. The Labute approximate surface area is 140 Å². The van der Waals surface area contributed by atoms with Crippen molar-refractivity contribution in [1.82, 2.24) is 9.62 Å². The average Bonchev–Trinajstić information content (AvgIpc) is 2.51. The van der Waals surface area contributed by atoms with E-state index in [-0.39, 0.29) is 16.7 Å². The Kier molecular flexibility index (Phi) is 7.88. The van der Waals surface area contributed by atoms with Crippen molar-refractivity contribution in [1.29, 1.82) is 0 Å². The fourth-order valence-corrected chi connectivity index (χ4v) is 3.76. The van der Waals surface area contributed by atoms with Crippen LogP contribution in [0, 0.1) is 0 Å². The van der Waals surface area contributed by atoms with Gasteiger partial charge in [-0.2, -0.15) is 0 Å². The van der Waals surface area contributed by atoms with Crippen LogP contribution in [0.15, 0.2) is 29.2 Å². The van der Waals surface area contributed by atoms with Crippen molar-refractivity contribution in [2.24, 2.45) is 0 Å². The van der Waals surface area contributed by atoms with Gasteiger partial charge in [0, 0.05) is 11.6 Å². The number of sulfonamides is 1. The average molecular weight is 340 g/mol. The van der Waals surface area contributed by atoms with Gasteiger partial charge in [-0.15, -0.1) is 0 Å². The highest BCUT2D eigenvalue weighted by Crippen LogP contribution is 2.13. The molecule has 23 heavy (non-hydrogen) atoms. The molecule has 0 unspecified atom stereocenters. The molecule has 0 fully saturated rings. The summed E-state index contributed by atoms with van der Waals surface area (Å²) >= 11 is 0. The fraction of sp³-hybridized carbons (Fsp3) is 0.588. The minimum Gasteiger partial charge on any atom is -0.304 e. The lowest BCUT2D eigenvalue weighted by molar-refractivity contribution is 0.101. The topological polar surface area (TPSA) is 66.5 Å². The van der Waals surface area contributed by atoms with Gasteiger partial charge in [0.1, 0.15) is 0 Å². The molecule has 0 aliphatic heterocycles. The van der Waals surface area contributed by atoms with Crippen LogP contribution in [0.1, 0.15) is 50.9 Å². The summed E-state index contributed by atoms with van der Waals surface area (Å²) in [4.78, 5) is 13.8. The van der Waals surface area contributed by atoms with E-state index in [0.717, 1.165) is 32.5 Å². The van der Waals surface area contributed by atoms with Gasteiger partial charge in [-0.3, -0.25) is 4.79 Å². The van der Waals surface area contributed by atoms with Gasteiger partial charge in [0.25, 0.3) is 0 Å². The molecule has 1 atom stereocenters. The highest BCUT2D eigenvalue weighted by Gasteiger charge is 2.18. The van der Waals surface area contributed by atoms with Gasteiger partial charge in [-0.05, 0) is 58.5 Å². The van der Waals surface area contributed by atoms with E-state index in [4.69, 9.17) is 0 Å². The number of nitrogens with zero attached hydrogens (tertiary/aromatic N) is 1. The summed E-state index contributed by atoms with van der Waals surface area (Å²) in [5.74, 6) is -0.144. The zero-order chi connectivity index (χ0) is 17.5. The highest BCUT2D eigenvalue weighted by molar-refractivity contribution is 7.89. The SMILES string of the molecule is CCN(CC)CCC[C@@H](C)NS(=O)(=O)c1cccc(C(C)=O)c1. The Morgan fingerprint density at radius 2 is 1.91 bits per heavy atom. The minimum atomic E-state index is -3.59. The monoisotopic (exact) mass is 340 g/mol. The summed E-state index contributed by atoms with van der Waals surface area (Å²) in [6.45, 7) is 10.5. The lowest BCUT2D eigenvalue weighted by Crippen LogP contribution is -2.33. The zero-order valence-electron chi connectivity index (χ0n) is 14.5. The third-order valence-corrected chi connectivity index (χ3v) is 5.50. The first-order chi connectivity index (χ1) is 10.8. The lowest BCUT2D eigenvalue weighted by Gasteiger charge is -2.19. The smallest absolute Gasteiger partial charge is 0.240 e. The number of rotatable bonds is 10. The van der Waals surface area contributed by atoms with Crippen molar-refractivity contribution in [3.8, 4) is 0 Å². The summed E-state index contributed by atoms with van der Waals surface area (Å²) in [5, 5.41) is 0. The third kappa shape index (κ3) is 6.41. The van der Waals surface area contributed by atoms with E-state index in [1.807, 2.05) is 6.92 Å². The fourth-order valence-electron chi connectivity index (χ4n) is 2.43. The number of hydrogen-bond donors (Lipinski definition) is 1. The van der Waals surface area contributed by atoms with Gasteiger partial charge >= 0.3 is 0 Å². The minimum absolute atomic E-state index is 0.140. The van der Waals surface area contributed by atoms with Crippen LogP contribution < -0.4 is 4.72 Å². The van der Waals surface area contributed by atoms with E-state index < -0.39 is 10.0 Å². The molecule has 0 saturated heterocycles. The second-order valence-corrected chi connectivity index (χ2v) is 7.49. The highest BCUT2D eigenvalue weighted by atomic mass is 32.2. The Morgan fingerprint density at radius 1 is 1.26 bits per heavy atom. The summed E-state index contributed by atoms with van der Waals surface area (Å²) in [7, 11) is -3.59. The molecule has 1 aromatic rings. The van der Waals surface area contributed by atoms with Crippen molar-refractivity contribution in [3.63, 3.8) is 0 Å². The first-order valence-electron chi connectivity index (χ1n) is 8.15. The maximum absolute atomic E-state index is 12.4. The maximum Gasteiger partial charge on any atom is 0.240 e. The van der Waals surface area contributed by atoms with Gasteiger partial charge in [-0.25, -0.2) is 13.1 Å². The molecule has 0 aliphatic rings. The Bertz CT molecular complexity index is 610. The van der Waals surface area contributed by atoms with E-state index >= 15 is 0 Å². The molecule has 5 nitrogen and oxygen atoms in total. The standard InChI is InChI=1S/C17H28N2O3S/c1-5-19(6-2)12-8-9-14(3)18-23(21,22)17-11-7-10-16(13-17)15(4)20/h7,10-11,13-14,18H,5-6,8-9,12H2,1-4H3/t14-/m1/s1. The van der Waals surface area contributed by atoms with Gasteiger partial charge in [0.2, 0.25) is 10.0 Å². The van der Waals surface area contributed by atoms with Crippen LogP contribution in [-0.2, 0) is 10.0 Å². The van der Waals surface area contributed by atoms with E-state index in [9.17, 15) is 13.2 Å². The van der Waals surface area contributed by atoms with Crippen molar-refractivity contribution < 1.29 is 13.2 Å². The van der Waals surface area contributed by atoms with E-state index in [2.05, 4.69) is 23.5 Å². The molecule has 0 radical (unpaired) electrons. The van der Waals surface area contributed by atoms with Crippen LogP contribution >= 0.6 is 0 Å². The molecule has 0 heterocycles. The number of benzene rings is 1. The first-order valence-corrected chi connectivity index (χ1v) is 9.64. The predicted molar refractivity (Wildman–Crippen MR) is 93.3 cm³/mol. The van der Waals surface area contributed by atoms with Crippen molar-refractivity contribution in [2.75, 3.05) is 19.6 Å². The quantitative estimate of drug-likeness (QED) is 0.665. The number of Topliss-reactive ketones (excluding diaryl/α,β-unsaturated/α-hetero) is 1. The third-order valence-electron chi connectivity index (χ3n) is 3.91. The number of hydrogen-bond acceptors (Lipinski definition) is 4. The first kappa shape index (κ1) is 19.8. The molecule has 1 rings (SSSR count). The molecule has 1 N–H and O–H groups in total. The second kappa shape index (κ2) is 9.15. The molecule has 130 valence electrons. The summed E-state index contributed by atoms with van der Waals surface area (Å²) < 4.78 is 27.5. The largest absolute Gasteiger partial charge is 0.304 e. The van der Waals surface area contributed by atoms with E-state index in [0.29, 0.717) is 5.56 Å². The summed E-state index contributed by atoms with van der Waals surface area (Å²) in [5.41, 5.74) is 0.405. The molecule has 6 heteroatoms. The molecular formula is C17H28N2O3S. The van der Waals surface area contributed by atoms with E-state index in [1.54, 1.807) is 12.1 Å². The van der Waals surface area contributed by atoms with Gasteiger partial charge in [-0.1, -0.05) is 26.0 Å². The van der Waals surface area contributed by atoms with Crippen LogP contribution in [0.2, 0.25) is 0 Å². The van der Waals surface area contributed by atoms with Crippen LogP contribution in [0.3, 0.4) is 0 Å². The van der Waals surface area contributed by atoms with Gasteiger partial charge in [0.15, 0.2) is 5.78 Å². The lowest BCUT2D eigenvalue weighted by atomic mass is 10.2. The molecule has 0 saturated carbocycles. The molecule has 0 aromatic heterocycles. The molecule has 0 amide bonds. The Hall–Kier alpha value is -1.24. The Morgan fingerprint density at radius 3 is 2.48 bits per heavy atom. The van der Waals surface area contributed by atoms with Crippen LogP contribution in [0.5, 0.6) is 0 Å². The van der Waals surface area contributed by atoms with Crippen molar-refractivity contribution in [2.45, 2.75) is 51.5 Å². The van der Waals surface area contributed by atoms with Crippen molar-refractivity contribution >= 4 is 15.8 Å². The van der Waals surface area contributed by atoms with Gasteiger partial charge < -0.3 is 4.90 Å². The molecule has 0 spiro atoms. The summed E-state index contributed by atoms with van der Waals surface area (Å²) in [6.07, 6.45) is 1.72. The molecular weight excluding hydrogens is 312 g/mol. The summed E-state index contributed by atoms with van der Waals surface area (Å²) in [6, 6.07) is 6.01. The van der Waals surface area contributed by atoms with E-state index in [1.165, 1.54) is 19.1 Å². The number of ketones is 1. The number of carbonyl (C=O) groups excluding carboxylic acids is 1. The predicted octanol–water partition coefficient (Wildman–Crippen LogP) is 2.68. The molecule has 1 aromatic carbocycles. The van der Waals surface area contributed by atoms with Crippen LogP contribution in [0.4, 0.5) is 0 Å². The van der Waals surface area contributed by atoms with Crippen LogP contribution in [-0.4, -0.2) is 44.8 Å². The normalized spacial score (nSPS) is 13.3. The van der Waals surface area contributed by atoms with Gasteiger partial charge in [0.05, 0.1) is 4.90 Å². The van der Waals surface area contributed by atoms with Crippen LogP contribution in [0.25, 0.3) is 0 Å². The molecule has 0 aliphatic carbocycles. The zero-order valence-corrected chi connectivity index (χ0v) is 15.3. The second-order valence-electron chi connectivity index (χ2n) is 5.78. The number of carbonyl (C=O) groups is 1. The van der Waals surface area contributed by atoms with Crippen molar-refractivity contribution in [3.05, 3.63) is 29.8 Å². The molecule has 0 bridgehead atoms.